The van der Waals surface area contributed by atoms with Crippen LogP contribution < -0.4 is 0 Å². The van der Waals surface area contributed by atoms with Gasteiger partial charge in [0.25, 0.3) is 0 Å². The highest BCUT2D eigenvalue weighted by atomic mass is 16.7. The van der Waals surface area contributed by atoms with Gasteiger partial charge < -0.3 is 4.74 Å². The molecule has 13 heavy (non-hydrogen) atoms. The summed E-state index contributed by atoms with van der Waals surface area (Å²) in [6, 6.07) is 0. The van der Waals surface area contributed by atoms with E-state index >= 15 is 0 Å². The summed E-state index contributed by atoms with van der Waals surface area (Å²) in [6.45, 7) is 0.312. The molecule has 0 saturated heterocycles. The lowest BCUT2D eigenvalue weighted by Gasteiger charge is -2.12. The van der Waals surface area contributed by atoms with Gasteiger partial charge in [0.05, 0.1) is 6.61 Å². The molecule has 0 bridgehead atoms. The number of rotatable bonds is 3. The molecule has 1 aliphatic carbocycles. The van der Waals surface area contributed by atoms with E-state index in [-0.39, 0.29) is 0 Å². The van der Waals surface area contributed by atoms with Gasteiger partial charge in [0.1, 0.15) is 0 Å². The predicted molar refractivity (Wildman–Crippen MR) is 47.8 cm³/mol. The number of carbonyl (C=O) groups is 1. The molecular formula is C10H17O3. The van der Waals surface area contributed by atoms with Crippen LogP contribution in [0.25, 0.3) is 0 Å². The summed E-state index contributed by atoms with van der Waals surface area (Å²) in [5, 5.41) is 9.98. The summed E-state index contributed by atoms with van der Waals surface area (Å²) in [5.41, 5.74) is 0. The maximum atomic E-state index is 9.98. The van der Waals surface area contributed by atoms with Gasteiger partial charge in [0.2, 0.25) is 0 Å². The van der Waals surface area contributed by atoms with Crippen LogP contribution in [0.2, 0.25) is 0 Å². The van der Waals surface area contributed by atoms with E-state index in [0.29, 0.717) is 12.5 Å². The molecule has 0 unspecified atom stereocenters. The van der Waals surface area contributed by atoms with Crippen molar-refractivity contribution >= 4 is 6.16 Å². The highest BCUT2D eigenvalue weighted by molar-refractivity contribution is 5.56. The third kappa shape index (κ3) is 4.76. The summed E-state index contributed by atoms with van der Waals surface area (Å²) in [7, 11) is 0. The van der Waals surface area contributed by atoms with E-state index < -0.39 is 6.16 Å². The van der Waals surface area contributed by atoms with Crippen LogP contribution in [0.4, 0.5) is 4.79 Å². The normalized spacial score (nSPS) is 19.4. The molecule has 0 amide bonds. The zero-order valence-electron chi connectivity index (χ0n) is 7.96. The Kier molecular flexibility index (Phi) is 4.65. The Morgan fingerprint density at radius 1 is 1.15 bits per heavy atom. The van der Waals surface area contributed by atoms with E-state index in [2.05, 4.69) is 4.74 Å². The van der Waals surface area contributed by atoms with Crippen molar-refractivity contribution in [1.29, 1.82) is 0 Å². The van der Waals surface area contributed by atoms with Gasteiger partial charge in [-0.3, -0.25) is 0 Å². The van der Waals surface area contributed by atoms with Crippen LogP contribution in [0, 0.1) is 5.92 Å². The highest BCUT2D eigenvalue weighted by Crippen LogP contribution is 2.25. The third-order valence-corrected chi connectivity index (χ3v) is 2.72. The second kappa shape index (κ2) is 5.84. The highest BCUT2D eigenvalue weighted by Gasteiger charge is 2.12. The predicted octanol–water partition coefficient (Wildman–Crippen LogP) is 2.91. The smallest absolute Gasteiger partial charge is 0.432 e. The molecule has 0 atom stereocenters. The van der Waals surface area contributed by atoms with Crippen LogP contribution in [0.1, 0.15) is 44.9 Å². The first-order valence-corrected chi connectivity index (χ1v) is 5.13. The lowest BCUT2D eigenvalue weighted by Crippen LogP contribution is -2.07. The van der Waals surface area contributed by atoms with E-state index in [1.807, 2.05) is 0 Å². The molecule has 1 radical (unpaired) electrons. The molecule has 1 rings (SSSR count). The molecule has 1 aliphatic rings. The average molecular weight is 185 g/mol. The quantitative estimate of drug-likeness (QED) is 0.501. The van der Waals surface area contributed by atoms with Crippen LogP contribution in [0.5, 0.6) is 0 Å². The summed E-state index contributed by atoms with van der Waals surface area (Å²) in [4.78, 5) is 9.98. The van der Waals surface area contributed by atoms with Crippen LogP contribution in [0.3, 0.4) is 0 Å². The minimum Gasteiger partial charge on any atom is -0.432 e. The first-order chi connectivity index (χ1) is 6.29. The molecule has 1 saturated carbocycles. The number of hydrogen-bond acceptors (Lipinski definition) is 2. The Morgan fingerprint density at radius 2 is 1.77 bits per heavy atom. The summed E-state index contributed by atoms with van der Waals surface area (Å²) >= 11 is 0. The summed E-state index contributed by atoms with van der Waals surface area (Å²) in [5.74, 6) is 0.668. The Morgan fingerprint density at radius 3 is 2.31 bits per heavy atom. The lowest BCUT2D eigenvalue weighted by atomic mass is 9.97. The molecule has 0 aromatic rings. The van der Waals surface area contributed by atoms with Gasteiger partial charge in [-0.2, -0.15) is 9.90 Å². The van der Waals surface area contributed by atoms with Gasteiger partial charge in [0.15, 0.2) is 0 Å². The van der Waals surface area contributed by atoms with Gasteiger partial charge >= 0.3 is 6.16 Å². The van der Waals surface area contributed by atoms with E-state index in [1.165, 1.54) is 38.5 Å². The van der Waals surface area contributed by atoms with Crippen LogP contribution in [-0.4, -0.2) is 12.8 Å². The van der Waals surface area contributed by atoms with E-state index in [4.69, 9.17) is 0 Å². The van der Waals surface area contributed by atoms with Gasteiger partial charge in [-0.1, -0.05) is 38.5 Å². The number of hydrogen-bond donors (Lipinski definition) is 0. The molecule has 3 heteroatoms. The Hall–Kier alpha value is -0.730. The Labute approximate surface area is 79.1 Å². The molecular weight excluding hydrogens is 168 g/mol. The monoisotopic (exact) mass is 185 g/mol. The van der Waals surface area contributed by atoms with Gasteiger partial charge in [-0.15, -0.1) is 0 Å². The number of ether oxygens (including phenoxy) is 1. The van der Waals surface area contributed by atoms with Gasteiger partial charge in [0, 0.05) is 0 Å². The Balaban J connectivity index is 2.08. The first-order valence-electron chi connectivity index (χ1n) is 5.13. The minimum absolute atomic E-state index is 0.312. The lowest BCUT2D eigenvalue weighted by molar-refractivity contribution is 0.0627. The topological polar surface area (TPSA) is 46.2 Å². The Bertz CT molecular complexity index is 148. The van der Waals surface area contributed by atoms with Crippen LogP contribution >= 0.6 is 0 Å². The molecule has 0 aromatic carbocycles. The molecule has 0 spiro atoms. The van der Waals surface area contributed by atoms with Crippen molar-refractivity contribution in [3.63, 3.8) is 0 Å². The fourth-order valence-electron chi connectivity index (χ4n) is 1.96. The maximum Gasteiger partial charge on any atom is 0.549 e. The molecule has 0 heterocycles. The zero-order chi connectivity index (χ0) is 9.52. The molecule has 1 fully saturated rings. The van der Waals surface area contributed by atoms with Crippen molar-refractivity contribution in [1.82, 2.24) is 0 Å². The molecule has 3 nitrogen and oxygen atoms in total. The van der Waals surface area contributed by atoms with Crippen molar-refractivity contribution in [3.05, 3.63) is 0 Å². The second-order valence-electron chi connectivity index (χ2n) is 3.74. The fraction of sp³-hybridized carbons (Fsp3) is 0.900. The first kappa shape index (κ1) is 10.4. The van der Waals surface area contributed by atoms with Crippen molar-refractivity contribution in [2.24, 2.45) is 5.92 Å². The number of carbonyl (C=O) groups excluding carboxylic acids is 1. The summed E-state index contributed by atoms with van der Waals surface area (Å²) in [6.07, 6.45) is 7.18. The van der Waals surface area contributed by atoms with Crippen molar-refractivity contribution in [2.75, 3.05) is 6.61 Å². The van der Waals surface area contributed by atoms with E-state index in [0.717, 1.165) is 6.42 Å². The largest absolute Gasteiger partial charge is 0.549 e. The zero-order valence-corrected chi connectivity index (χ0v) is 7.96. The molecule has 75 valence electrons. The second-order valence-corrected chi connectivity index (χ2v) is 3.74. The maximum absolute atomic E-state index is 9.98. The SMILES string of the molecule is [O]C(=O)OCCC1CCCCCC1. The molecule has 0 aromatic heterocycles. The minimum atomic E-state index is -1.39. The molecule has 0 aliphatic heterocycles. The van der Waals surface area contributed by atoms with Gasteiger partial charge in [-0.25, -0.2) is 0 Å². The van der Waals surface area contributed by atoms with E-state index in [9.17, 15) is 9.90 Å². The van der Waals surface area contributed by atoms with Gasteiger partial charge in [-0.05, 0) is 12.3 Å². The fourth-order valence-corrected chi connectivity index (χ4v) is 1.96. The van der Waals surface area contributed by atoms with Crippen LogP contribution in [0.15, 0.2) is 0 Å². The average Bonchev–Trinajstić information content (AvgIpc) is 2.32. The van der Waals surface area contributed by atoms with Crippen LogP contribution in [-0.2, 0) is 9.84 Å². The molecule has 0 N–H and O–H groups in total. The summed E-state index contributed by atoms with van der Waals surface area (Å²) < 4.78 is 4.39. The van der Waals surface area contributed by atoms with E-state index in [1.54, 1.807) is 0 Å². The van der Waals surface area contributed by atoms with Crippen molar-refractivity contribution < 1.29 is 14.6 Å². The standard InChI is InChI=1S/C10H17O3/c11-10(12)13-8-7-9-5-3-1-2-4-6-9/h9H,1-8H2. The van der Waals surface area contributed by atoms with Crippen molar-refractivity contribution in [3.8, 4) is 0 Å². The third-order valence-electron chi connectivity index (χ3n) is 2.72. The van der Waals surface area contributed by atoms with Crippen molar-refractivity contribution in [2.45, 2.75) is 44.9 Å².